The van der Waals surface area contributed by atoms with Crippen LogP contribution < -0.4 is 4.90 Å². The number of pyridine rings is 1. The number of hydrogen-bond donors (Lipinski definition) is 0. The molecule has 0 N–H and O–H groups in total. The highest BCUT2D eigenvalue weighted by atomic mass is 15.2. The van der Waals surface area contributed by atoms with Crippen LogP contribution in [0.5, 0.6) is 0 Å². The molecular formula is C57H39N3. The van der Waals surface area contributed by atoms with E-state index in [9.17, 15) is 0 Å². The Labute approximate surface area is 349 Å². The van der Waals surface area contributed by atoms with Gasteiger partial charge in [-0.3, -0.25) is 0 Å². The van der Waals surface area contributed by atoms with E-state index in [2.05, 4.69) is 246 Å². The summed E-state index contributed by atoms with van der Waals surface area (Å²) in [5.74, 6) is 0. The van der Waals surface area contributed by atoms with Gasteiger partial charge in [0.25, 0.3) is 0 Å². The fourth-order valence-electron chi connectivity index (χ4n) is 8.71. The number of rotatable bonds is 8. The first-order valence-electron chi connectivity index (χ1n) is 20.5. The van der Waals surface area contributed by atoms with Gasteiger partial charge in [-0.15, -0.1) is 0 Å². The van der Waals surface area contributed by atoms with Crippen LogP contribution in [0.4, 0.5) is 17.1 Å². The Bertz CT molecular complexity index is 3280. The standard InChI is InChI=1S/C57H39N3/c1-5-17-40(18-6-1)42-31-34-48(35-32-42)59(47-25-11-4-12-26-47)54-30-16-28-51-50-36-33-46(56-52(43-21-9-3-10-22-43)38-45-23-13-14-29-53(45)58-56)39-55(50)60(57(51)54)49-27-15-24-44(37-49)41-19-7-2-8-20-41/h1-39H. The van der Waals surface area contributed by atoms with Crippen molar-refractivity contribution in [3.8, 4) is 50.3 Å². The van der Waals surface area contributed by atoms with Crippen molar-refractivity contribution in [1.82, 2.24) is 9.55 Å². The van der Waals surface area contributed by atoms with Crippen molar-refractivity contribution in [2.45, 2.75) is 0 Å². The van der Waals surface area contributed by atoms with E-state index >= 15 is 0 Å². The summed E-state index contributed by atoms with van der Waals surface area (Å²) in [4.78, 5) is 7.77. The lowest BCUT2D eigenvalue weighted by Crippen LogP contribution is -2.11. The van der Waals surface area contributed by atoms with Gasteiger partial charge in [0.15, 0.2) is 0 Å². The van der Waals surface area contributed by atoms with Crippen molar-refractivity contribution >= 4 is 49.8 Å². The molecule has 0 bridgehead atoms. The highest BCUT2D eigenvalue weighted by Gasteiger charge is 2.23. The van der Waals surface area contributed by atoms with Crippen LogP contribution >= 0.6 is 0 Å². The minimum absolute atomic E-state index is 0.960. The lowest BCUT2D eigenvalue weighted by Gasteiger charge is -2.27. The normalized spacial score (nSPS) is 11.3. The molecular weight excluding hydrogens is 727 g/mol. The maximum Gasteiger partial charge on any atom is 0.0788 e. The van der Waals surface area contributed by atoms with E-state index in [4.69, 9.17) is 4.98 Å². The molecule has 11 aromatic rings. The Hall–Kier alpha value is -8.01. The summed E-state index contributed by atoms with van der Waals surface area (Å²) in [6, 6.07) is 84.7. The molecule has 9 aromatic carbocycles. The molecule has 0 unspecified atom stereocenters. The molecule has 2 heterocycles. The largest absolute Gasteiger partial charge is 0.308 e. The maximum absolute atomic E-state index is 5.38. The van der Waals surface area contributed by atoms with E-state index < -0.39 is 0 Å². The van der Waals surface area contributed by atoms with Crippen molar-refractivity contribution in [2.24, 2.45) is 0 Å². The smallest absolute Gasteiger partial charge is 0.0788 e. The second-order valence-electron chi connectivity index (χ2n) is 15.2. The molecule has 0 atom stereocenters. The molecule has 0 radical (unpaired) electrons. The number of anilines is 3. The lowest BCUT2D eigenvalue weighted by atomic mass is 9.96. The molecule has 0 aliphatic heterocycles. The molecule has 0 saturated carbocycles. The summed E-state index contributed by atoms with van der Waals surface area (Å²) in [5, 5.41) is 3.47. The zero-order valence-corrected chi connectivity index (χ0v) is 32.9. The molecule has 60 heavy (non-hydrogen) atoms. The number of para-hydroxylation sites is 3. The first-order valence-corrected chi connectivity index (χ1v) is 20.5. The fraction of sp³-hybridized carbons (Fsp3) is 0. The van der Waals surface area contributed by atoms with E-state index in [0.29, 0.717) is 0 Å². The van der Waals surface area contributed by atoms with Crippen molar-refractivity contribution in [3.05, 3.63) is 237 Å². The Morgan fingerprint density at radius 2 is 0.933 bits per heavy atom. The molecule has 0 amide bonds. The first kappa shape index (κ1) is 35.2. The SMILES string of the molecule is c1ccc(-c2ccc(N(c3ccccc3)c3cccc4c5ccc(-c6nc7ccccc7cc6-c6ccccc6)cc5n(-c5cccc(-c6ccccc6)c5)c34)cc2)cc1. The van der Waals surface area contributed by atoms with Gasteiger partial charge in [0.1, 0.15) is 0 Å². The highest BCUT2D eigenvalue weighted by molar-refractivity contribution is 6.15. The maximum atomic E-state index is 5.38. The monoisotopic (exact) mass is 765 g/mol. The van der Waals surface area contributed by atoms with Crippen molar-refractivity contribution < 1.29 is 0 Å². The molecule has 0 fully saturated rings. The first-order chi connectivity index (χ1) is 29.8. The molecule has 0 aliphatic rings. The quantitative estimate of drug-likeness (QED) is 0.154. The molecule has 3 heteroatoms. The minimum Gasteiger partial charge on any atom is -0.308 e. The van der Waals surface area contributed by atoms with Crippen LogP contribution in [0, 0.1) is 0 Å². The van der Waals surface area contributed by atoms with Gasteiger partial charge in [-0.2, -0.15) is 0 Å². The van der Waals surface area contributed by atoms with E-state index in [1.165, 1.54) is 27.5 Å². The van der Waals surface area contributed by atoms with Crippen molar-refractivity contribution in [3.63, 3.8) is 0 Å². The molecule has 0 saturated heterocycles. The number of benzene rings is 9. The molecule has 0 aliphatic carbocycles. The Balaban J connectivity index is 1.19. The molecule has 3 nitrogen and oxygen atoms in total. The Kier molecular flexibility index (Phi) is 8.83. The van der Waals surface area contributed by atoms with Crippen LogP contribution in [0.3, 0.4) is 0 Å². The Morgan fingerprint density at radius 3 is 1.67 bits per heavy atom. The summed E-state index contributed by atoms with van der Waals surface area (Å²) < 4.78 is 2.47. The van der Waals surface area contributed by atoms with Crippen LogP contribution in [-0.4, -0.2) is 9.55 Å². The molecule has 2 aromatic heterocycles. The average Bonchev–Trinajstić information content (AvgIpc) is 3.67. The van der Waals surface area contributed by atoms with E-state index in [-0.39, 0.29) is 0 Å². The van der Waals surface area contributed by atoms with Gasteiger partial charge < -0.3 is 9.47 Å². The number of nitrogens with zero attached hydrogens (tertiary/aromatic N) is 3. The third kappa shape index (κ3) is 6.30. The third-order valence-electron chi connectivity index (χ3n) is 11.5. The number of hydrogen-bond acceptors (Lipinski definition) is 2. The highest BCUT2D eigenvalue weighted by Crippen LogP contribution is 2.45. The molecule has 282 valence electrons. The van der Waals surface area contributed by atoms with Crippen molar-refractivity contribution in [2.75, 3.05) is 4.90 Å². The number of aromatic nitrogens is 2. The second-order valence-corrected chi connectivity index (χ2v) is 15.2. The molecule has 0 spiro atoms. The zero-order chi connectivity index (χ0) is 39.8. The van der Waals surface area contributed by atoms with E-state index in [0.717, 1.165) is 72.6 Å². The summed E-state index contributed by atoms with van der Waals surface area (Å²) in [5.41, 5.74) is 16.5. The topological polar surface area (TPSA) is 21.1 Å². The number of fused-ring (bicyclic) bond motifs is 4. The average molecular weight is 766 g/mol. The third-order valence-corrected chi connectivity index (χ3v) is 11.5. The van der Waals surface area contributed by atoms with E-state index in [1.807, 2.05) is 0 Å². The van der Waals surface area contributed by atoms with Crippen LogP contribution in [0.15, 0.2) is 237 Å². The van der Waals surface area contributed by atoms with Gasteiger partial charge in [-0.05, 0) is 88.5 Å². The van der Waals surface area contributed by atoms with Gasteiger partial charge in [0.2, 0.25) is 0 Å². The van der Waals surface area contributed by atoms with Gasteiger partial charge in [-0.25, -0.2) is 4.98 Å². The minimum atomic E-state index is 0.960. The van der Waals surface area contributed by atoms with Gasteiger partial charge in [0.05, 0.1) is 27.9 Å². The van der Waals surface area contributed by atoms with Crippen molar-refractivity contribution in [1.29, 1.82) is 0 Å². The van der Waals surface area contributed by atoms with Crippen LogP contribution in [0.1, 0.15) is 0 Å². The summed E-state index contributed by atoms with van der Waals surface area (Å²) >= 11 is 0. The van der Waals surface area contributed by atoms with Crippen LogP contribution in [0.25, 0.3) is 83.0 Å². The Morgan fingerprint density at radius 1 is 0.367 bits per heavy atom. The summed E-state index contributed by atoms with van der Waals surface area (Å²) in [7, 11) is 0. The van der Waals surface area contributed by atoms with Gasteiger partial charge in [-0.1, -0.05) is 176 Å². The predicted octanol–water partition coefficient (Wildman–Crippen LogP) is 15.5. The van der Waals surface area contributed by atoms with Gasteiger partial charge in [0, 0.05) is 44.3 Å². The summed E-state index contributed by atoms with van der Waals surface area (Å²) in [6.45, 7) is 0. The van der Waals surface area contributed by atoms with Crippen LogP contribution in [-0.2, 0) is 0 Å². The van der Waals surface area contributed by atoms with Gasteiger partial charge >= 0.3 is 0 Å². The lowest BCUT2D eigenvalue weighted by molar-refractivity contribution is 1.17. The van der Waals surface area contributed by atoms with E-state index in [1.54, 1.807) is 0 Å². The molecule has 11 rings (SSSR count). The summed E-state index contributed by atoms with van der Waals surface area (Å²) in [6.07, 6.45) is 0. The predicted molar refractivity (Wildman–Crippen MR) is 253 cm³/mol. The second kappa shape index (κ2) is 15.1. The zero-order valence-electron chi connectivity index (χ0n) is 32.9. The fourth-order valence-corrected chi connectivity index (χ4v) is 8.71. The van der Waals surface area contributed by atoms with Crippen LogP contribution in [0.2, 0.25) is 0 Å².